The standard InChI is InChI=1S/C21H26N6O2/c28-21-11-15-10-20(23-13-18(15)25-21)27-5-1-2-16(14-27)24-19-12-17(3-4-22-19)26-6-8-29-9-7-26/h3-4,10,12-13,16H,1-2,5-9,11,14H2,(H,22,24)(H,25,28)/t16-/m1/s1. The summed E-state index contributed by atoms with van der Waals surface area (Å²) in [6.45, 7) is 5.24. The molecule has 1 atom stereocenters. The highest BCUT2D eigenvalue weighted by Gasteiger charge is 2.24. The topological polar surface area (TPSA) is 82.6 Å². The van der Waals surface area contributed by atoms with Crippen LogP contribution in [0.4, 0.5) is 23.0 Å². The molecule has 0 radical (unpaired) electrons. The van der Waals surface area contributed by atoms with E-state index in [0.29, 0.717) is 12.5 Å². The molecule has 2 aromatic rings. The van der Waals surface area contributed by atoms with E-state index >= 15 is 0 Å². The normalized spacial score (nSPS) is 21.7. The number of anilines is 4. The van der Waals surface area contributed by atoms with Crippen molar-refractivity contribution in [3.05, 3.63) is 36.2 Å². The number of fused-ring (bicyclic) bond motifs is 1. The van der Waals surface area contributed by atoms with Crippen LogP contribution in [0, 0.1) is 0 Å². The Bertz CT molecular complexity index is 898. The number of hydrogen-bond donors (Lipinski definition) is 2. The van der Waals surface area contributed by atoms with Crippen molar-refractivity contribution in [2.24, 2.45) is 0 Å². The number of nitrogens with zero attached hydrogens (tertiary/aromatic N) is 4. The fourth-order valence-electron chi connectivity index (χ4n) is 4.31. The lowest BCUT2D eigenvalue weighted by atomic mass is 10.1. The van der Waals surface area contributed by atoms with Crippen LogP contribution < -0.4 is 20.4 Å². The maximum atomic E-state index is 11.6. The molecule has 8 nitrogen and oxygen atoms in total. The van der Waals surface area contributed by atoms with Gasteiger partial charge in [-0.3, -0.25) is 4.79 Å². The van der Waals surface area contributed by atoms with Gasteiger partial charge in [0.15, 0.2) is 0 Å². The zero-order valence-corrected chi connectivity index (χ0v) is 16.4. The highest BCUT2D eigenvalue weighted by atomic mass is 16.5. The molecule has 0 saturated carbocycles. The highest BCUT2D eigenvalue weighted by molar-refractivity contribution is 5.99. The van der Waals surface area contributed by atoms with Gasteiger partial charge in [-0.1, -0.05) is 0 Å². The third-order valence-electron chi connectivity index (χ3n) is 5.82. The second-order valence-corrected chi connectivity index (χ2v) is 7.85. The summed E-state index contributed by atoms with van der Waals surface area (Å²) in [4.78, 5) is 25.4. The second kappa shape index (κ2) is 7.87. The molecule has 0 spiro atoms. The number of carbonyl (C=O) groups excluding carboxylic acids is 1. The zero-order chi connectivity index (χ0) is 19.6. The van der Waals surface area contributed by atoms with Crippen molar-refractivity contribution in [2.45, 2.75) is 25.3 Å². The first-order chi connectivity index (χ1) is 14.2. The van der Waals surface area contributed by atoms with Crippen LogP contribution in [0.5, 0.6) is 0 Å². The van der Waals surface area contributed by atoms with E-state index in [4.69, 9.17) is 4.74 Å². The van der Waals surface area contributed by atoms with Crippen molar-refractivity contribution < 1.29 is 9.53 Å². The first-order valence-corrected chi connectivity index (χ1v) is 10.3. The fourth-order valence-corrected chi connectivity index (χ4v) is 4.31. The van der Waals surface area contributed by atoms with Gasteiger partial charge in [-0.2, -0.15) is 0 Å². The Balaban J connectivity index is 1.26. The first kappa shape index (κ1) is 18.2. The van der Waals surface area contributed by atoms with Gasteiger partial charge in [-0.15, -0.1) is 0 Å². The maximum absolute atomic E-state index is 11.6. The molecule has 5 rings (SSSR count). The van der Waals surface area contributed by atoms with Crippen LogP contribution in [0.3, 0.4) is 0 Å². The Morgan fingerprint density at radius 1 is 1.14 bits per heavy atom. The Labute approximate surface area is 170 Å². The fraction of sp³-hybridized carbons (Fsp3) is 0.476. The molecule has 3 aliphatic heterocycles. The van der Waals surface area contributed by atoms with Crippen molar-refractivity contribution in [1.29, 1.82) is 0 Å². The van der Waals surface area contributed by atoms with Crippen molar-refractivity contribution in [3.63, 3.8) is 0 Å². The van der Waals surface area contributed by atoms with E-state index in [1.165, 1.54) is 5.69 Å². The van der Waals surface area contributed by atoms with Crippen LogP contribution in [0.25, 0.3) is 0 Å². The van der Waals surface area contributed by atoms with Crippen LogP contribution in [-0.4, -0.2) is 61.3 Å². The number of pyridine rings is 2. The predicted molar refractivity (Wildman–Crippen MR) is 113 cm³/mol. The molecule has 0 unspecified atom stereocenters. The molecule has 0 bridgehead atoms. The predicted octanol–water partition coefficient (Wildman–Crippen LogP) is 1.89. The average molecular weight is 394 g/mol. The molecule has 29 heavy (non-hydrogen) atoms. The van der Waals surface area contributed by atoms with Crippen LogP contribution in [0.2, 0.25) is 0 Å². The number of ether oxygens (including phenoxy) is 1. The monoisotopic (exact) mass is 394 g/mol. The summed E-state index contributed by atoms with van der Waals surface area (Å²) in [5.41, 5.74) is 3.07. The van der Waals surface area contributed by atoms with Crippen LogP contribution >= 0.6 is 0 Å². The lowest BCUT2D eigenvalue weighted by Crippen LogP contribution is -2.42. The van der Waals surface area contributed by atoms with Gasteiger partial charge in [0.05, 0.1) is 31.5 Å². The van der Waals surface area contributed by atoms with E-state index in [2.05, 4.69) is 42.5 Å². The Morgan fingerprint density at radius 2 is 2.03 bits per heavy atom. The van der Waals surface area contributed by atoms with Gasteiger partial charge < -0.3 is 25.2 Å². The Hall–Kier alpha value is -2.87. The molecule has 3 aliphatic rings. The molecular formula is C21H26N6O2. The molecule has 152 valence electrons. The largest absolute Gasteiger partial charge is 0.378 e. The number of hydrogen-bond acceptors (Lipinski definition) is 7. The molecule has 2 N–H and O–H groups in total. The molecule has 0 aliphatic carbocycles. The summed E-state index contributed by atoms with van der Waals surface area (Å²) < 4.78 is 5.45. The molecule has 0 aromatic carbocycles. The quantitative estimate of drug-likeness (QED) is 0.819. The van der Waals surface area contributed by atoms with Crippen LogP contribution in [0.15, 0.2) is 30.6 Å². The Kier molecular flexibility index (Phi) is 4.93. The Morgan fingerprint density at radius 3 is 2.93 bits per heavy atom. The van der Waals surface area contributed by atoms with Gasteiger partial charge >= 0.3 is 0 Å². The smallest absolute Gasteiger partial charge is 0.228 e. The minimum atomic E-state index is 0.0448. The lowest BCUT2D eigenvalue weighted by molar-refractivity contribution is -0.115. The summed E-state index contributed by atoms with van der Waals surface area (Å²) in [5.74, 6) is 1.91. The third-order valence-corrected chi connectivity index (χ3v) is 5.82. The van der Waals surface area contributed by atoms with E-state index in [1.54, 1.807) is 6.20 Å². The van der Waals surface area contributed by atoms with Gasteiger partial charge in [-0.05, 0) is 30.5 Å². The molecule has 2 saturated heterocycles. The number of aromatic nitrogens is 2. The maximum Gasteiger partial charge on any atom is 0.228 e. The third kappa shape index (κ3) is 3.98. The summed E-state index contributed by atoms with van der Waals surface area (Å²) in [6.07, 6.45) is 6.29. The highest BCUT2D eigenvalue weighted by Crippen LogP contribution is 2.28. The van der Waals surface area contributed by atoms with Crippen LogP contribution in [-0.2, 0) is 16.0 Å². The van der Waals surface area contributed by atoms with Gasteiger partial charge in [0, 0.05) is 50.2 Å². The van der Waals surface area contributed by atoms with Gasteiger partial charge in [0.2, 0.25) is 5.91 Å². The van der Waals surface area contributed by atoms with Crippen molar-refractivity contribution in [3.8, 4) is 0 Å². The van der Waals surface area contributed by atoms with Gasteiger partial charge in [-0.25, -0.2) is 9.97 Å². The van der Waals surface area contributed by atoms with Crippen LogP contribution in [0.1, 0.15) is 18.4 Å². The molecule has 2 fully saturated rings. The molecule has 1 amide bonds. The van der Waals surface area contributed by atoms with Crippen molar-refractivity contribution in [1.82, 2.24) is 9.97 Å². The molecule has 8 heteroatoms. The summed E-state index contributed by atoms with van der Waals surface area (Å²) in [5, 5.41) is 6.46. The second-order valence-electron chi connectivity index (χ2n) is 7.85. The van der Waals surface area contributed by atoms with Crippen molar-refractivity contribution >= 4 is 28.9 Å². The van der Waals surface area contributed by atoms with E-state index < -0.39 is 0 Å². The molecule has 2 aromatic heterocycles. The minimum Gasteiger partial charge on any atom is -0.378 e. The van der Waals surface area contributed by atoms with E-state index in [9.17, 15) is 4.79 Å². The summed E-state index contributed by atoms with van der Waals surface area (Å²) >= 11 is 0. The number of carbonyl (C=O) groups is 1. The van der Waals surface area contributed by atoms with Gasteiger partial charge in [0.1, 0.15) is 11.6 Å². The lowest BCUT2D eigenvalue weighted by Gasteiger charge is -2.34. The van der Waals surface area contributed by atoms with E-state index in [-0.39, 0.29) is 5.91 Å². The number of nitrogens with one attached hydrogen (secondary N) is 2. The zero-order valence-electron chi connectivity index (χ0n) is 16.4. The van der Waals surface area contributed by atoms with Crippen molar-refractivity contribution in [2.75, 3.05) is 59.8 Å². The SMILES string of the molecule is O=C1Cc2cc(N3CCC[C@@H](Nc4cc(N5CCOCC5)ccn4)C3)ncc2N1. The van der Waals surface area contributed by atoms with Gasteiger partial charge in [0.25, 0.3) is 0 Å². The molecule has 5 heterocycles. The molecular weight excluding hydrogens is 368 g/mol. The summed E-state index contributed by atoms with van der Waals surface area (Å²) in [7, 11) is 0. The minimum absolute atomic E-state index is 0.0448. The average Bonchev–Trinajstić information content (AvgIpc) is 3.14. The number of amides is 1. The van der Waals surface area contributed by atoms with E-state index in [0.717, 1.165) is 75.1 Å². The number of morpholine rings is 1. The first-order valence-electron chi connectivity index (χ1n) is 10.3. The summed E-state index contributed by atoms with van der Waals surface area (Å²) in [6, 6.07) is 6.56. The number of rotatable bonds is 4. The van der Waals surface area contributed by atoms with E-state index in [1.807, 2.05) is 12.3 Å². The number of piperidine rings is 1.